The Labute approximate surface area is 188 Å². The molecule has 4 unspecified atom stereocenters. The number of carbonyl (C=O) groups is 7. The molecule has 1 saturated heterocycles. The summed E-state index contributed by atoms with van der Waals surface area (Å²) in [6.45, 7) is 0.159. The number of nitrogens with two attached hydrogens (primary N) is 3. The molecule has 0 aromatic carbocycles. The lowest BCUT2D eigenvalue weighted by molar-refractivity contribution is -0.144. The van der Waals surface area contributed by atoms with Gasteiger partial charge in [-0.2, -0.15) is 0 Å². The number of carbonyl (C=O) groups excluding carboxylic acids is 5. The number of nitrogens with one attached hydrogen (secondary N) is 2. The van der Waals surface area contributed by atoms with Crippen LogP contribution in [0.15, 0.2) is 0 Å². The molecule has 1 aliphatic rings. The Hall–Kier alpha value is -3.75. The number of hydrogen-bond acceptors (Lipinski definition) is 8. The van der Waals surface area contributed by atoms with Crippen molar-refractivity contribution in [1.82, 2.24) is 15.5 Å². The summed E-state index contributed by atoms with van der Waals surface area (Å²) in [5.41, 5.74) is 15.8. The molecule has 0 aliphatic carbocycles. The molecule has 15 nitrogen and oxygen atoms in total. The number of hydrogen-bond donors (Lipinski definition) is 7. The van der Waals surface area contributed by atoms with Crippen LogP contribution in [0.4, 0.5) is 0 Å². The summed E-state index contributed by atoms with van der Waals surface area (Å²) in [6.07, 6.45) is -1.45. The highest BCUT2D eigenvalue weighted by atomic mass is 16.4. The minimum Gasteiger partial charge on any atom is -0.481 e. The molecule has 1 heterocycles. The fraction of sp³-hybridized carbons (Fsp3) is 0.611. The van der Waals surface area contributed by atoms with E-state index in [1.54, 1.807) is 0 Å². The van der Waals surface area contributed by atoms with Crippen molar-refractivity contribution in [2.75, 3.05) is 6.54 Å². The van der Waals surface area contributed by atoms with Gasteiger partial charge in [0.05, 0.1) is 18.9 Å². The Kier molecular flexibility index (Phi) is 10.2. The van der Waals surface area contributed by atoms with Gasteiger partial charge in [0.1, 0.15) is 18.1 Å². The second kappa shape index (κ2) is 12.3. The maximum atomic E-state index is 12.8. The normalized spacial score (nSPS) is 18.0. The van der Waals surface area contributed by atoms with Crippen LogP contribution >= 0.6 is 0 Å². The summed E-state index contributed by atoms with van der Waals surface area (Å²) in [5, 5.41) is 22.2. The van der Waals surface area contributed by atoms with Crippen LogP contribution in [0.3, 0.4) is 0 Å². The van der Waals surface area contributed by atoms with Crippen LogP contribution in [0, 0.1) is 0 Å². The van der Waals surface area contributed by atoms with Gasteiger partial charge in [0, 0.05) is 13.0 Å². The maximum absolute atomic E-state index is 12.8. The summed E-state index contributed by atoms with van der Waals surface area (Å²) in [4.78, 5) is 83.3. The molecule has 10 N–H and O–H groups in total. The van der Waals surface area contributed by atoms with Crippen LogP contribution in [0.1, 0.15) is 38.5 Å². The first kappa shape index (κ1) is 27.3. The number of amides is 5. The third kappa shape index (κ3) is 8.72. The fourth-order valence-corrected chi connectivity index (χ4v) is 3.30. The number of nitrogens with zero attached hydrogens (tertiary/aromatic N) is 1. The molecule has 1 aliphatic heterocycles. The maximum Gasteiger partial charge on any atom is 0.326 e. The number of carboxylic acid groups (broad SMARTS) is 2. The van der Waals surface area contributed by atoms with Crippen molar-refractivity contribution in [3.05, 3.63) is 0 Å². The van der Waals surface area contributed by atoms with Gasteiger partial charge in [0.2, 0.25) is 29.5 Å². The lowest BCUT2D eigenvalue weighted by atomic mass is 10.1. The predicted molar refractivity (Wildman–Crippen MR) is 109 cm³/mol. The highest BCUT2D eigenvalue weighted by Crippen LogP contribution is 2.19. The van der Waals surface area contributed by atoms with Crippen LogP contribution in [0.25, 0.3) is 0 Å². The van der Waals surface area contributed by atoms with E-state index in [2.05, 4.69) is 10.6 Å². The van der Waals surface area contributed by atoms with Crippen LogP contribution in [0.2, 0.25) is 0 Å². The zero-order chi connectivity index (χ0) is 25.3. The van der Waals surface area contributed by atoms with E-state index in [0.717, 1.165) is 4.90 Å². The van der Waals surface area contributed by atoms with Gasteiger partial charge in [-0.25, -0.2) is 4.79 Å². The van der Waals surface area contributed by atoms with Crippen LogP contribution in [0.5, 0.6) is 0 Å². The number of aliphatic carboxylic acids is 2. The van der Waals surface area contributed by atoms with E-state index in [9.17, 15) is 38.7 Å². The summed E-state index contributed by atoms with van der Waals surface area (Å²) >= 11 is 0. The van der Waals surface area contributed by atoms with E-state index in [1.807, 2.05) is 0 Å². The molecular formula is C18H28N6O9. The molecule has 4 atom stereocenters. The van der Waals surface area contributed by atoms with Crippen molar-refractivity contribution in [2.45, 2.75) is 62.7 Å². The van der Waals surface area contributed by atoms with Crippen molar-refractivity contribution in [2.24, 2.45) is 17.2 Å². The fourth-order valence-electron chi connectivity index (χ4n) is 3.30. The summed E-state index contributed by atoms with van der Waals surface area (Å²) in [7, 11) is 0. The zero-order valence-electron chi connectivity index (χ0n) is 17.7. The molecule has 0 spiro atoms. The second-order valence-corrected chi connectivity index (χ2v) is 7.53. The number of carboxylic acids is 2. The summed E-state index contributed by atoms with van der Waals surface area (Å²) in [6, 6.07) is -5.47. The number of likely N-dealkylation sites (tertiary alicyclic amines) is 1. The van der Waals surface area contributed by atoms with Crippen molar-refractivity contribution >= 4 is 41.5 Å². The van der Waals surface area contributed by atoms with Crippen LogP contribution in [-0.2, 0) is 33.6 Å². The summed E-state index contributed by atoms with van der Waals surface area (Å²) in [5.74, 6) is -7.14. The molecule has 5 amide bonds. The molecule has 33 heavy (non-hydrogen) atoms. The molecule has 1 fully saturated rings. The zero-order valence-corrected chi connectivity index (χ0v) is 17.7. The lowest BCUT2D eigenvalue weighted by Gasteiger charge is -2.28. The average Bonchev–Trinajstić information content (AvgIpc) is 3.18. The standard InChI is InChI=1S/C18H28N6O9/c19-8(6-12(20)25)17(31)24-5-1-2-11(24)16(30)23-10(7-13(21)26)15(29)22-9(18(32)33)3-4-14(27)28/h8-11H,1-7,19H2,(H2,20,25)(H2,21,26)(H,22,29)(H,23,30)(H,27,28)(H,32,33). The first-order valence-corrected chi connectivity index (χ1v) is 10.0. The number of primary amides is 2. The Morgan fingerprint density at radius 2 is 1.55 bits per heavy atom. The van der Waals surface area contributed by atoms with E-state index in [1.165, 1.54) is 0 Å². The third-order valence-corrected chi connectivity index (χ3v) is 4.88. The first-order valence-electron chi connectivity index (χ1n) is 10.0. The van der Waals surface area contributed by atoms with Crippen LogP contribution in [-0.4, -0.2) is 87.3 Å². The van der Waals surface area contributed by atoms with Crippen molar-refractivity contribution in [1.29, 1.82) is 0 Å². The molecule has 0 saturated carbocycles. The second-order valence-electron chi connectivity index (χ2n) is 7.53. The molecule has 0 radical (unpaired) electrons. The molecule has 0 bridgehead atoms. The van der Waals surface area contributed by atoms with Gasteiger partial charge in [-0.15, -0.1) is 0 Å². The topological polar surface area (TPSA) is 265 Å². The predicted octanol–water partition coefficient (Wildman–Crippen LogP) is -4.03. The Bertz CT molecular complexity index is 817. The van der Waals surface area contributed by atoms with Gasteiger partial charge in [-0.05, 0) is 19.3 Å². The highest BCUT2D eigenvalue weighted by molar-refractivity contribution is 5.97. The van der Waals surface area contributed by atoms with Gasteiger partial charge in [0.15, 0.2) is 0 Å². The first-order chi connectivity index (χ1) is 15.3. The molecule has 1 rings (SSSR count). The molecule has 0 aromatic rings. The van der Waals surface area contributed by atoms with Crippen molar-refractivity contribution in [3.8, 4) is 0 Å². The van der Waals surface area contributed by atoms with E-state index in [4.69, 9.17) is 22.3 Å². The van der Waals surface area contributed by atoms with Crippen molar-refractivity contribution < 1.29 is 43.8 Å². The smallest absolute Gasteiger partial charge is 0.326 e. The van der Waals surface area contributed by atoms with Gasteiger partial charge in [-0.3, -0.25) is 28.8 Å². The average molecular weight is 472 g/mol. The Balaban J connectivity index is 2.92. The minimum atomic E-state index is -1.59. The molecule has 0 aromatic heterocycles. The SMILES string of the molecule is NC(=O)CC(N)C(=O)N1CCCC1C(=O)NC(CC(N)=O)C(=O)NC(CCC(=O)O)C(=O)O. The van der Waals surface area contributed by atoms with Gasteiger partial charge >= 0.3 is 11.9 Å². The van der Waals surface area contributed by atoms with E-state index in [0.29, 0.717) is 6.42 Å². The van der Waals surface area contributed by atoms with E-state index >= 15 is 0 Å². The van der Waals surface area contributed by atoms with Crippen LogP contribution < -0.4 is 27.8 Å². The van der Waals surface area contributed by atoms with Crippen molar-refractivity contribution in [3.63, 3.8) is 0 Å². The number of rotatable bonds is 13. The molecular weight excluding hydrogens is 444 g/mol. The van der Waals surface area contributed by atoms with Gasteiger partial charge in [-0.1, -0.05) is 0 Å². The Morgan fingerprint density at radius 3 is 2.06 bits per heavy atom. The lowest BCUT2D eigenvalue weighted by Crippen LogP contribution is -2.57. The third-order valence-electron chi connectivity index (χ3n) is 4.88. The van der Waals surface area contributed by atoms with Gasteiger partial charge in [0.25, 0.3) is 0 Å². The largest absolute Gasteiger partial charge is 0.481 e. The van der Waals surface area contributed by atoms with E-state index in [-0.39, 0.29) is 13.0 Å². The Morgan fingerprint density at radius 1 is 0.939 bits per heavy atom. The molecule has 184 valence electrons. The monoisotopic (exact) mass is 472 g/mol. The quantitative estimate of drug-likeness (QED) is 0.136. The molecule has 15 heteroatoms. The minimum absolute atomic E-state index is 0.159. The van der Waals surface area contributed by atoms with Gasteiger partial charge < -0.3 is 42.9 Å². The van der Waals surface area contributed by atoms with E-state index < -0.39 is 91.3 Å². The highest BCUT2D eigenvalue weighted by Gasteiger charge is 2.38. The summed E-state index contributed by atoms with van der Waals surface area (Å²) < 4.78 is 0.